The molecule has 0 fully saturated rings. The average molecular weight is 238 g/mol. The molecule has 0 amide bonds. The Bertz CT molecular complexity index is 659. The van der Waals surface area contributed by atoms with Crippen LogP contribution >= 0.6 is 0 Å². The summed E-state index contributed by atoms with van der Waals surface area (Å²) >= 11 is 0. The predicted octanol–water partition coefficient (Wildman–Crippen LogP) is 2.95. The van der Waals surface area contributed by atoms with Crippen molar-refractivity contribution in [2.45, 2.75) is 19.3 Å². The van der Waals surface area contributed by atoms with Crippen LogP contribution in [0.1, 0.15) is 24.8 Å². The molecule has 0 radical (unpaired) electrons. The Hall–Kier alpha value is -2.16. The lowest BCUT2D eigenvalue weighted by atomic mass is 9.93. The van der Waals surface area contributed by atoms with E-state index in [-0.39, 0.29) is 5.78 Å². The van der Waals surface area contributed by atoms with Gasteiger partial charge < -0.3 is 5.73 Å². The van der Waals surface area contributed by atoms with Crippen LogP contribution in [0, 0.1) is 0 Å². The van der Waals surface area contributed by atoms with Gasteiger partial charge >= 0.3 is 0 Å². The molecule has 0 saturated carbocycles. The molecule has 0 unspecified atom stereocenters. The molecule has 3 rings (SSSR count). The van der Waals surface area contributed by atoms with Crippen LogP contribution in [-0.4, -0.2) is 10.8 Å². The first kappa shape index (κ1) is 11.0. The number of ketones is 1. The van der Waals surface area contributed by atoms with E-state index in [1.807, 2.05) is 30.5 Å². The zero-order chi connectivity index (χ0) is 12.5. The number of nitrogen functional groups attached to an aromatic ring is 1. The molecule has 2 N–H and O–H groups in total. The third kappa shape index (κ3) is 1.88. The third-order valence-electron chi connectivity index (χ3n) is 3.33. The lowest BCUT2D eigenvalue weighted by Gasteiger charge is -2.12. The van der Waals surface area contributed by atoms with Crippen LogP contribution < -0.4 is 5.73 Å². The number of aromatic nitrogens is 1. The highest BCUT2D eigenvalue weighted by atomic mass is 16.1. The molecule has 0 atom stereocenters. The predicted molar refractivity (Wildman–Crippen MR) is 73.0 cm³/mol. The quantitative estimate of drug-likeness (QED) is 0.777. The first-order valence-electron chi connectivity index (χ1n) is 6.12. The van der Waals surface area contributed by atoms with Crippen LogP contribution in [0.3, 0.4) is 0 Å². The number of fused-ring (bicyclic) bond motifs is 1. The standard InChI is InChI=1S/C15H14N2O/c16-14-5-2-6-15-13(14)8-11(9-17-15)10-3-1-4-12(18)7-10/h2,5-9H,1,3-4,16H2. The molecule has 90 valence electrons. The average Bonchev–Trinajstić information content (AvgIpc) is 2.39. The number of nitrogens with zero attached hydrogens (tertiary/aromatic N) is 1. The summed E-state index contributed by atoms with van der Waals surface area (Å²) in [6.45, 7) is 0. The fourth-order valence-electron chi connectivity index (χ4n) is 2.37. The summed E-state index contributed by atoms with van der Waals surface area (Å²) in [5, 5.41) is 0.953. The van der Waals surface area contributed by atoms with Gasteiger partial charge in [0.15, 0.2) is 5.78 Å². The topological polar surface area (TPSA) is 56.0 Å². The molecular formula is C15H14N2O. The van der Waals surface area contributed by atoms with Crippen LogP contribution in [0.25, 0.3) is 16.5 Å². The zero-order valence-corrected chi connectivity index (χ0v) is 10.0. The van der Waals surface area contributed by atoms with Gasteiger partial charge in [-0.2, -0.15) is 0 Å². The van der Waals surface area contributed by atoms with Crippen LogP contribution in [0.15, 0.2) is 36.5 Å². The highest BCUT2D eigenvalue weighted by Gasteiger charge is 2.12. The van der Waals surface area contributed by atoms with E-state index >= 15 is 0 Å². The summed E-state index contributed by atoms with van der Waals surface area (Å²) in [6, 6.07) is 7.74. The second kappa shape index (κ2) is 4.26. The van der Waals surface area contributed by atoms with Crippen molar-refractivity contribution < 1.29 is 4.79 Å². The maximum Gasteiger partial charge on any atom is 0.155 e. The number of carbonyl (C=O) groups excluding carboxylic acids is 1. The molecule has 3 heteroatoms. The monoisotopic (exact) mass is 238 g/mol. The van der Waals surface area contributed by atoms with Gasteiger partial charge in [0.2, 0.25) is 0 Å². The van der Waals surface area contributed by atoms with Crippen LogP contribution in [0.2, 0.25) is 0 Å². The summed E-state index contributed by atoms with van der Waals surface area (Å²) in [4.78, 5) is 15.9. The second-order valence-corrected chi connectivity index (χ2v) is 4.63. The van der Waals surface area contributed by atoms with E-state index < -0.39 is 0 Å². The minimum Gasteiger partial charge on any atom is -0.398 e. The van der Waals surface area contributed by atoms with E-state index in [0.717, 1.165) is 40.6 Å². The molecule has 1 aliphatic rings. The van der Waals surface area contributed by atoms with Crippen molar-refractivity contribution in [3.63, 3.8) is 0 Å². The zero-order valence-electron chi connectivity index (χ0n) is 10.0. The normalized spacial score (nSPS) is 15.8. The van der Waals surface area contributed by atoms with Gasteiger partial charge in [0.1, 0.15) is 0 Å². The molecular weight excluding hydrogens is 224 g/mol. The molecule has 0 bridgehead atoms. The second-order valence-electron chi connectivity index (χ2n) is 4.63. The smallest absolute Gasteiger partial charge is 0.155 e. The lowest BCUT2D eigenvalue weighted by Crippen LogP contribution is -2.02. The number of anilines is 1. The van der Waals surface area contributed by atoms with Crippen molar-refractivity contribution in [1.82, 2.24) is 4.98 Å². The number of rotatable bonds is 1. The van der Waals surface area contributed by atoms with E-state index in [0.29, 0.717) is 6.42 Å². The summed E-state index contributed by atoms with van der Waals surface area (Å²) in [5.74, 6) is 0.206. The Balaban J connectivity index is 2.13. The van der Waals surface area contributed by atoms with Gasteiger partial charge in [0.25, 0.3) is 0 Å². The first-order chi connectivity index (χ1) is 8.74. The summed E-state index contributed by atoms with van der Waals surface area (Å²) in [6.07, 6.45) is 6.09. The maximum atomic E-state index is 11.5. The number of benzene rings is 1. The van der Waals surface area contributed by atoms with Crippen molar-refractivity contribution in [2.75, 3.05) is 5.73 Å². The number of allylic oxidation sites excluding steroid dienone is 2. The van der Waals surface area contributed by atoms with E-state index in [2.05, 4.69) is 4.98 Å². The maximum absolute atomic E-state index is 11.5. The fraction of sp³-hybridized carbons (Fsp3) is 0.200. The molecule has 1 aliphatic carbocycles. The molecule has 0 spiro atoms. The molecule has 1 heterocycles. The summed E-state index contributed by atoms with van der Waals surface area (Å²) in [5.41, 5.74) is 9.65. The van der Waals surface area contributed by atoms with E-state index in [1.165, 1.54) is 0 Å². The van der Waals surface area contributed by atoms with Gasteiger partial charge in [-0.25, -0.2) is 0 Å². The van der Waals surface area contributed by atoms with Gasteiger partial charge in [0, 0.05) is 23.7 Å². The van der Waals surface area contributed by atoms with Gasteiger partial charge in [-0.15, -0.1) is 0 Å². The van der Waals surface area contributed by atoms with E-state index in [1.54, 1.807) is 6.08 Å². The third-order valence-corrected chi connectivity index (χ3v) is 3.33. The van der Waals surface area contributed by atoms with Crippen LogP contribution in [0.5, 0.6) is 0 Å². The lowest BCUT2D eigenvalue weighted by molar-refractivity contribution is -0.114. The minimum absolute atomic E-state index is 0.206. The molecule has 1 aromatic heterocycles. The van der Waals surface area contributed by atoms with Gasteiger partial charge in [-0.3, -0.25) is 9.78 Å². The molecule has 1 aromatic carbocycles. The Morgan fingerprint density at radius 1 is 1.22 bits per heavy atom. The highest BCUT2D eigenvalue weighted by Crippen LogP contribution is 2.28. The van der Waals surface area contributed by atoms with Crippen molar-refractivity contribution in [1.29, 1.82) is 0 Å². The Labute approximate surface area is 105 Å². The van der Waals surface area contributed by atoms with Gasteiger partial charge in [-0.05, 0) is 48.3 Å². The Morgan fingerprint density at radius 3 is 2.94 bits per heavy atom. The van der Waals surface area contributed by atoms with Gasteiger partial charge in [0.05, 0.1) is 5.52 Å². The largest absolute Gasteiger partial charge is 0.398 e. The minimum atomic E-state index is 0.206. The molecule has 2 aromatic rings. The van der Waals surface area contributed by atoms with Crippen molar-refractivity contribution in [3.8, 4) is 0 Å². The summed E-state index contributed by atoms with van der Waals surface area (Å²) in [7, 11) is 0. The Morgan fingerprint density at radius 2 is 2.11 bits per heavy atom. The van der Waals surface area contributed by atoms with Crippen molar-refractivity contribution in [3.05, 3.63) is 42.1 Å². The molecule has 0 aliphatic heterocycles. The number of carbonyl (C=O) groups is 1. The molecule has 18 heavy (non-hydrogen) atoms. The van der Waals surface area contributed by atoms with E-state index in [4.69, 9.17) is 5.73 Å². The molecule has 3 nitrogen and oxygen atoms in total. The highest BCUT2D eigenvalue weighted by molar-refractivity contribution is 5.99. The van der Waals surface area contributed by atoms with Gasteiger partial charge in [-0.1, -0.05) is 6.07 Å². The van der Waals surface area contributed by atoms with Crippen LogP contribution in [0.4, 0.5) is 5.69 Å². The van der Waals surface area contributed by atoms with Crippen LogP contribution in [-0.2, 0) is 4.79 Å². The SMILES string of the molecule is Nc1cccc2ncc(C3=CC(=O)CCC3)cc12. The number of nitrogens with two attached hydrogens (primary N) is 1. The number of hydrogen-bond donors (Lipinski definition) is 1. The van der Waals surface area contributed by atoms with Crippen molar-refractivity contribution in [2.24, 2.45) is 0 Å². The molecule has 0 saturated heterocycles. The first-order valence-corrected chi connectivity index (χ1v) is 6.12. The van der Waals surface area contributed by atoms with Crippen molar-refractivity contribution >= 4 is 27.9 Å². The Kier molecular flexibility index (Phi) is 2.59. The fourth-order valence-corrected chi connectivity index (χ4v) is 2.37. The van der Waals surface area contributed by atoms with E-state index in [9.17, 15) is 4.79 Å². The summed E-state index contributed by atoms with van der Waals surface area (Å²) < 4.78 is 0. The number of hydrogen-bond acceptors (Lipinski definition) is 3. The number of pyridine rings is 1.